The van der Waals surface area contributed by atoms with Crippen LogP contribution in [0.5, 0.6) is 0 Å². The number of pyridine rings is 1. The molecule has 0 atom stereocenters. The molecular formula is C23H16Cl2N4O3S. The Morgan fingerprint density at radius 1 is 1.15 bits per heavy atom. The van der Waals surface area contributed by atoms with E-state index in [-0.39, 0.29) is 12.0 Å². The number of carbonyl (C=O) groups is 1. The number of H-pyrrole nitrogens is 2. The molecule has 166 valence electrons. The average molecular weight is 499 g/mol. The first-order chi connectivity index (χ1) is 15.9. The zero-order valence-electron chi connectivity index (χ0n) is 16.9. The molecule has 4 N–H and O–H groups in total. The number of nitrogens with zero attached hydrogens (tertiary/aromatic N) is 1. The van der Waals surface area contributed by atoms with Gasteiger partial charge >= 0.3 is 5.97 Å². The van der Waals surface area contributed by atoms with Crippen molar-refractivity contribution in [3.8, 4) is 11.3 Å². The van der Waals surface area contributed by atoms with Crippen LogP contribution in [0.25, 0.3) is 33.1 Å². The number of anilines is 2. The third kappa shape index (κ3) is 4.20. The molecular weight excluding hydrogens is 483 g/mol. The number of aryl methyl sites for hydroxylation is 1. The van der Waals surface area contributed by atoms with Crippen molar-refractivity contribution in [3.63, 3.8) is 0 Å². The summed E-state index contributed by atoms with van der Waals surface area (Å²) in [5, 5.41) is 17.4. The Labute approximate surface area is 201 Å². The fraction of sp³-hybridized carbons (Fsp3) is 0.0870. The summed E-state index contributed by atoms with van der Waals surface area (Å²) >= 11 is 13.5. The van der Waals surface area contributed by atoms with Crippen molar-refractivity contribution in [1.82, 2.24) is 15.0 Å². The van der Waals surface area contributed by atoms with Gasteiger partial charge in [0.05, 0.1) is 15.7 Å². The molecule has 0 saturated carbocycles. The molecule has 0 fully saturated rings. The summed E-state index contributed by atoms with van der Waals surface area (Å²) < 4.78 is 0. The maximum Gasteiger partial charge on any atom is 0.303 e. The van der Waals surface area contributed by atoms with Gasteiger partial charge in [0, 0.05) is 45.5 Å². The Kier molecular flexibility index (Phi) is 5.57. The Morgan fingerprint density at radius 2 is 2.00 bits per heavy atom. The second-order valence-electron chi connectivity index (χ2n) is 7.46. The van der Waals surface area contributed by atoms with Crippen molar-refractivity contribution < 1.29 is 9.90 Å². The van der Waals surface area contributed by atoms with Crippen LogP contribution in [0.3, 0.4) is 0 Å². The van der Waals surface area contributed by atoms with Crippen LogP contribution in [0.15, 0.2) is 52.8 Å². The minimum Gasteiger partial charge on any atom is -0.481 e. The zero-order chi connectivity index (χ0) is 23.1. The van der Waals surface area contributed by atoms with Crippen LogP contribution in [0.4, 0.5) is 10.8 Å². The number of aromatic nitrogens is 3. The normalized spacial score (nSPS) is 11.3. The monoisotopic (exact) mass is 498 g/mol. The number of carboxylic acids is 1. The average Bonchev–Trinajstić information content (AvgIpc) is 3.42. The van der Waals surface area contributed by atoms with Gasteiger partial charge < -0.3 is 20.4 Å². The van der Waals surface area contributed by atoms with E-state index in [1.54, 1.807) is 18.3 Å². The SMILES string of the molecule is O=C(O)CCc1c[nH]c2c(=O)[nH]c3ccc(-c4csc(Nc5ccc(Cl)c(Cl)c5)n4)cc3c12. The standard InChI is InChI=1S/C23H16Cl2N4O3S/c24-15-4-3-13(8-16(15)25)27-23-29-18(10-33-23)11-1-5-17-14(7-11)20-12(2-6-19(30)31)9-26-21(20)22(32)28-17/h1,3-5,7-10,26H,2,6H2,(H,27,29)(H,28,32)(H,30,31). The second-order valence-corrected chi connectivity index (χ2v) is 9.14. The minimum atomic E-state index is -0.885. The number of nitrogens with one attached hydrogen (secondary N) is 3. The van der Waals surface area contributed by atoms with Gasteiger partial charge in [0.25, 0.3) is 5.56 Å². The van der Waals surface area contributed by atoms with E-state index >= 15 is 0 Å². The number of thiazole rings is 1. The van der Waals surface area contributed by atoms with Crippen molar-refractivity contribution in [2.75, 3.05) is 5.32 Å². The van der Waals surface area contributed by atoms with Crippen molar-refractivity contribution in [2.45, 2.75) is 12.8 Å². The molecule has 10 heteroatoms. The topological polar surface area (TPSA) is 111 Å². The lowest BCUT2D eigenvalue weighted by Crippen LogP contribution is -2.06. The maximum absolute atomic E-state index is 12.5. The highest BCUT2D eigenvalue weighted by Crippen LogP contribution is 2.33. The van der Waals surface area contributed by atoms with Gasteiger partial charge in [0.1, 0.15) is 5.52 Å². The highest BCUT2D eigenvalue weighted by atomic mass is 35.5. The van der Waals surface area contributed by atoms with E-state index < -0.39 is 5.97 Å². The first-order valence-corrected chi connectivity index (χ1v) is 11.6. The quantitative estimate of drug-likeness (QED) is 0.222. The van der Waals surface area contributed by atoms with E-state index in [0.29, 0.717) is 32.6 Å². The second kappa shape index (κ2) is 8.55. The third-order valence-electron chi connectivity index (χ3n) is 5.31. The van der Waals surface area contributed by atoms with Crippen molar-refractivity contribution in [3.05, 3.63) is 73.9 Å². The van der Waals surface area contributed by atoms with Gasteiger partial charge in [0.15, 0.2) is 5.13 Å². The van der Waals surface area contributed by atoms with Crippen LogP contribution in [0.1, 0.15) is 12.0 Å². The molecule has 0 saturated heterocycles. The smallest absolute Gasteiger partial charge is 0.303 e. The highest BCUT2D eigenvalue weighted by Gasteiger charge is 2.14. The summed E-state index contributed by atoms with van der Waals surface area (Å²) in [6.07, 6.45) is 2.01. The van der Waals surface area contributed by atoms with Gasteiger partial charge in [-0.15, -0.1) is 11.3 Å². The summed E-state index contributed by atoms with van der Waals surface area (Å²) in [5.41, 5.74) is 4.08. The number of rotatable bonds is 6. The highest BCUT2D eigenvalue weighted by molar-refractivity contribution is 7.14. The van der Waals surface area contributed by atoms with E-state index in [0.717, 1.165) is 33.3 Å². The van der Waals surface area contributed by atoms with Gasteiger partial charge in [-0.25, -0.2) is 4.98 Å². The molecule has 7 nitrogen and oxygen atoms in total. The number of halogens is 2. The van der Waals surface area contributed by atoms with Crippen molar-refractivity contribution in [1.29, 1.82) is 0 Å². The molecule has 0 radical (unpaired) electrons. The molecule has 0 spiro atoms. The minimum absolute atomic E-state index is 0.0171. The maximum atomic E-state index is 12.5. The van der Waals surface area contributed by atoms with E-state index in [9.17, 15) is 9.59 Å². The number of fused-ring (bicyclic) bond motifs is 3. The molecule has 0 amide bonds. The summed E-state index contributed by atoms with van der Waals surface area (Å²) in [5.74, 6) is -0.885. The molecule has 33 heavy (non-hydrogen) atoms. The van der Waals surface area contributed by atoms with Crippen LogP contribution in [-0.2, 0) is 11.2 Å². The van der Waals surface area contributed by atoms with Crippen LogP contribution in [0.2, 0.25) is 10.0 Å². The predicted octanol–water partition coefficient (Wildman–Crippen LogP) is 6.20. The van der Waals surface area contributed by atoms with Crippen LogP contribution in [-0.4, -0.2) is 26.0 Å². The number of hydrogen-bond acceptors (Lipinski definition) is 5. The molecule has 5 rings (SSSR count). The number of aromatic amines is 2. The van der Waals surface area contributed by atoms with Crippen molar-refractivity contribution >= 4 is 73.1 Å². The third-order valence-corrected chi connectivity index (χ3v) is 6.80. The summed E-state index contributed by atoms with van der Waals surface area (Å²) in [6, 6.07) is 11.0. The first kappa shape index (κ1) is 21.5. The molecule has 0 aliphatic rings. The lowest BCUT2D eigenvalue weighted by atomic mass is 10.0. The van der Waals surface area contributed by atoms with Gasteiger partial charge in [0.2, 0.25) is 0 Å². The molecule has 3 aromatic heterocycles. The lowest BCUT2D eigenvalue weighted by Gasteiger charge is -2.06. The first-order valence-electron chi connectivity index (χ1n) is 9.95. The van der Waals surface area contributed by atoms with E-state index in [1.807, 2.05) is 29.6 Å². The molecule has 0 aliphatic heterocycles. The number of carboxylic acid groups (broad SMARTS) is 1. The van der Waals surface area contributed by atoms with E-state index in [1.165, 1.54) is 11.3 Å². The van der Waals surface area contributed by atoms with Gasteiger partial charge in [-0.1, -0.05) is 29.3 Å². The molecule has 3 heterocycles. The summed E-state index contributed by atoms with van der Waals surface area (Å²) in [7, 11) is 0. The zero-order valence-corrected chi connectivity index (χ0v) is 19.2. The Bertz CT molecular complexity index is 1590. The largest absolute Gasteiger partial charge is 0.481 e. The van der Waals surface area contributed by atoms with Gasteiger partial charge in [-0.2, -0.15) is 0 Å². The van der Waals surface area contributed by atoms with Crippen LogP contribution < -0.4 is 10.9 Å². The predicted molar refractivity (Wildman–Crippen MR) is 133 cm³/mol. The van der Waals surface area contributed by atoms with Gasteiger partial charge in [-0.3, -0.25) is 9.59 Å². The number of hydrogen-bond donors (Lipinski definition) is 4. The van der Waals surface area contributed by atoms with Gasteiger partial charge in [-0.05, 0) is 42.3 Å². The fourth-order valence-corrected chi connectivity index (χ4v) is 4.79. The summed E-state index contributed by atoms with van der Waals surface area (Å²) in [6.45, 7) is 0. The number of benzene rings is 2. The van der Waals surface area contributed by atoms with Crippen LogP contribution >= 0.6 is 34.5 Å². The Balaban J connectivity index is 1.54. The molecule has 0 aliphatic carbocycles. The molecule has 2 aromatic carbocycles. The van der Waals surface area contributed by atoms with E-state index in [4.69, 9.17) is 28.3 Å². The van der Waals surface area contributed by atoms with E-state index in [2.05, 4.69) is 20.3 Å². The molecule has 0 bridgehead atoms. The van der Waals surface area contributed by atoms with Crippen LogP contribution in [0, 0.1) is 0 Å². The Morgan fingerprint density at radius 3 is 2.79 bits per heavy atom. The molecule has 5 aromatic rings. The molecule has 0 unspecified atom stereocenters. The van der Waals surface area contributed by atoms with Crippen molar-refractivity contribution in [2.24, 2.45) is 0 Å². The lowest BCUT2D eigenvalue weighted by molar-refractivity contribution is -0.136. The fourth-order valence-electron chi connectivity index (χ4n) is 3.76. The summed E-state index contributed by atoms with van der Waals surface area (Å²) in [4.78, 5) is 34.1. The number of aliphatic carboxylic acids is 1. The Hall–Kier alpha value is -3.33.